The fraction of sp³-hybridized carbons (Fsp3) is 0.500. The van der Waals surface area contributed by atoms with Crippen molar-refractivity contribution in [3.8, 4) is 0 Å². The summed E-state index contributed by atoms with van der Waals surface area (Å²) in [5.74, 6) is 0.268. The molecule has 0 bridgehead atoms. The second-order valence-corrected chi connectivity index (χ2v) is 5.13. The summed E-state index contributed by atoms with van der Waals surface area (Å²) < 4.78 is 1.05. The summed E-state index contributed by atoms with van der Waals surface area (Å²) in [5.41, 5.74) is 7.92. The average molecular weight is 272 g/mol. The maximum absolute atomic E-state index is 10.0. The van der Waals surface area contributed by atoms with Crippen LogP contribution in [0.5, 0.6) is 0 Å². The van der Waals surface area contributed by atoms with Crippen LogP contribution in [-0.2, 0) is 0 Å². The molecule has 0 aliphatic rings. The highest BCUT2D eigenvalue weighted by molar-refractivity contribution is 9.10. The molecular formula is C12H18BrNO. The van der Waals surface area contributed by atoms with Gasteiger partial charge >= 0.3 is 0 Å². The van der Waals surface area contributed by atoms with Crippen molar-refractivity contribution in [2.45, 2.75) is 32.9 Å². The van der Waals surface area contributed by atoms with Crippen LogP contribution in [0.15, 0.2) is 22.7 Å². The van der Waals surface area contributed by atoms with Gasteiger partial charge in [-0.1, -0.05) is 41.9 Å². The van der Waals surface area contributed by atoms with Crippen LogP contribution < -0.4 is 5.73 Å². The van der Waals surface area contributed by atoms with Crippen molar-refractivity contribution in [2.24, 2.45) is 11.7 Å². The van der Waals surface area contributed by atoms with E-state index >= 15 is 0 Å². The molecule has 0 aromatic heterocycles. The number of aliphatic hydroxyl groups is 1. The summed E-state index contributed by atoms with van der Waals surface area (Å²) in [6.07, 6.45) is -0.586. The lowest BCUT2D eigenvalue weighted by Crippen LogP contribution is -2.33. The summed E-state index contributed by atoms with van der Waals surface area (Å²) in [5, 5.41) is 10.0. The first kappa shape index (κ1) is 12.7. The molecular weight excluding hydrogens is 254 g/mol. The molecule has 2 atom stereocenters. The second-order valence-electron chi connectivity index (χ2n) is 4.27. The van der Waals surface area contributed by atoms with Crippen molar-refractivity contribution in [2.75, 3.05) is 0 Å². The van der Waals surface area contributed by atoms with E-state index < -0.39 is 6.10 Å². The molecule has 1 aromatic rings. The van der Waals surface area contributed by atoms with Crippen LogP contribution in [0, 0.1) is 12.8 Å². The predicted octanol–water partition coefficient (Wildman–Crippen LogP) is 2.77. The fourth-order valence-electron chi connectivity index (χ4n) is 1.44. The van der Waals surface area contributed by atoms with E-state index in [0.717, 1.165) is 15.6 Å². The highest BCUT2D eigenvalue weighted by Crippen LogP contribution is 2.24. The molecule has 0 saturated carbocycles. The third kappa shape index (κ3) is 3.03. The zero-order valence-electron chi connectivity index (χ0n) is 9.37. The minimum atomic E-state index is -0.586. The van der Waals surface area contributed by atoms with Crippen LogP contribution >= 0.6 is 15.9 Å². The number of hydrogen-bond acceptors (Lipinski definition) is 2. The maximum Gasteiger partial charge on any atom is 0.0943 e. The summed E-state index contributed by atoms with van der Waals surface area (Å²) in [7, 11) is 0. The summed E-state index contributed by atoms with van der Waals surface area (Å²) in [4.78, 5) is 0. The van der Waals surface area contributed by atoms with E-state index in [-0.39, 0.29) is 12.0 Å². The van der Waals surface area contributed by atoms with Crippen LogP contribution in [0.25, 0.3) is 0 Å². The predicted molar refractivity (Wildman–Crippen MR) is 66.7 cm³/mol. The van der Waals surface area contributed by atoms with Crippen LogP contribution in [0.4, 0.5) is 0 Å². The number of aliphatic hydroxyl groups excluding tert-OH is 1. The van der Waals surface area contributed by atoms with Crippen LogP contribution in [-0.4, -0.2) is 11.1 Å². The lowest BCUT2D eigenvalue weighted by molar-refractivity contribution is 0.125. The molecule has 84 valence electrons. The molecule has 0 heterocycles. The van der Waals surface area contributed by atoms with Crippen molar-refractivity contribution in [1.29, 1.82) is 0 Å². The largest absolute Gasteiger partial charge is 0.387 e. The van der Waals surface area contributed by atoms with Gasteiger partial charge in [0.2, 0.25) is 0 Å². The van der Waals surface area contributed by atoms with E-state index in [1.54, 1.807) is 0 Å². The van der Waals surface area contributed by atoms with Crippen molar-refractivity contribution >= 4 is 15.9 Å². The van der Waals surface area contributed by atoms with E-state index in [2.05, 4.69) is 15.9 Å². The van der Waals surface area contributed by atoms with E-state index in [1.807, 2.05) is 39.0 Å². The van der Waals surface area contributed by atoms with Gasteiger partial charge < -0.3 is 10.8 Å². The SMILES string of the molecule is Cc1cc(C(O)C(N)C(C)C)ccc1Br. The molecule has 0 aliphatic heterocycles. The summed E-state index contributed by atoms with van der Waals surface area (Å²) >= 11 is 3.43. The van der Waals surface area contributed by atoms with Crippen molar-refractivity contribution in [1.82, 2.24) is 0 Å². The molecule has 0 fully saturated rings. The second kappa shape index (κ2) is 5.10. The van der Waals surface area contributed by atoms with Gasteiger partial charge in [-0.25, -0.2) is 0 Å². The fourth-order valence-corrected chi connectivity index (χ4v) is 1.69. The molecule has 0 radical (unpaired) electrons. The normalized spacial score (nSPS) is 15.4. The van der Waals surface area contributed by atoms with Gasteiger partial charge in [-0.05, 0) is 30.0 Å². The molecule has 3 heteroatoms. The van der Waals surface area contributed by atoms with E-state index in [9.17, 15) is 5.11 Å². The van der Waals surface area contributed by atoms with E-state index in [0.29, 0.717) is 0 Å². The third-order valence-corrected chi connectivity index (χ3v) is 3.55. The molecule has 15 heavy (non-hydrogen) atoms. The van der Waals surface area contributed by atoms with Gasteiger partial charge in [0, 0.05) is 10.5 Å². The van der Waals surface area contributed by atoms with Crippen LogP contribution in [0.3, 0.4) is 0 Å². The van der Waals surface area contributed by atoms with Crippen LogP contribution in [0.2, 0.25) is 0 Å². The third-order valence-electron chi connectivity index (χ3n) is 2.66. The Morgan fingerprint density at radius 3 is 2.40 bits per heavy atom. The van der Waals surface area contributed by atoms with Crippen molar-refractivity contribution in [3.63, 3.8) is 0 Å². The Kier molecular flexibility index (Phi) is 4.32. The number of rotatable bonds is 3. The Balaban J connectivity index is 2.91. The quantitative estimate of drug-likeness (QED) is 0.888. The standard InChI is InChI=1S/C12H18BrNO/c1-7(2)11(14)12(15)9-4-5-10(13)8(3)6-9/h4-7,11-12,15H,14H2,1-3H3. The molecule has 1 rings (SSSR count). The number of aryl methyl sites for hydroxylation is 1. The molecule has 0 saturated heterocycles. The number of halogens is 1. The number of hydrogen-bond donors (Lipinski definition) is 2. The maximum atomic E-state index is 10.0. The topological polar surface area (TPSA) is 46.2 Å². The van der Waals surface area contributed by atoms with Crippen molar-refractivity contribution < 1.29 is 5.11 Å². The highest BCUT2D eigenvalue weighted by Gasteiger charge is 2.20. The molecule has 3 N–H and O–H groups in total. The van der Waals surface area contributed by atoms with Gasteiger partial charge in [-0.15, -0.1) is 0 Å². The zero-order chi connectivity index (χ0) is 11.6. The van der Waals surface area contributed by atoms with Gasteiger partial charge in [0.15, 0.2) is 0 Å². The number of benzene rings is 1. The van der Waals surface area contributed by atoms with Crippen molar-refractivity contribution in [3.05, 3.63) is 33.8 Å². The average Bonchev–Trinajstić information content (AvgIpc) is 2.19. The Labute approximate surface area is 99.6 Å². The lowest BCUT2D eigenvalue weighted by Gasteiger charge is -2.22. The van der Waals surface area contributed by atoms with Gasteiger partial charge in [0.05, 0.1) is 6.10 Å². The first-order valence-electron chi connectivity index (χ1n) is 5.13. The summed E-state index contributed by atoms with van der Waals surface area (Å²) in [6.45, 7) is 6.03. The molecule has 0 aliphatic carbocycles. The van der Waals surface area contributed by atoms with Gasteiger partial charge in [0.25, 0.3) is 0 Å². The molecule has 1 aromatic carbocycles. The Hall–Kier alpha value is -0.380. The Bertz CT molecular complexity index is 338. The molecule has 2 unspecified atom stereocenters. The molecule has 2 nitrogen and oxygen atoms in total. The van der Waals surface area contributed by atoms with E-state index in [1.165, 1.54) is 0 Å². The smallest absolute Gasteiger partial charge is 0.0943 e. The number of nitrogens with two attached hydrogens (primary N) is 1. The van der Waals surface area contributed by atoms with Gasteiger partial charge in [-0.2, -0.15) is 0 Å². The summed E-state index contributed by atoms with van der Waals surface area (Å²) in [6, 6.07) is 5.60. The first-order valence-corrected chi connectivity index (χ1v) is 5.92. The van der Waals surface area contributed by atoms with Gasteiger partial charge in [0.1, 0.15) is 0 Å². The first-order chi connectivity index (χ1) is 6.93. The Morgan fingerprint density at radius 2 is 1.93 bits per heavy atom. The monoisotopic (exact) mass is 271 g/mol. The van der Waals surface area contributed by atoms with E-state index in [4.69, 9.17) is 5.73 Å². The molecule has 0 spiro atoms. The molecule has 0 amide bonds. The van der Waals surface area contributed by atoms with Crippen LogP contribution in [0.1, 0.15) is 31.1 Å². The Morgan fingerprint density at radius 1 is 1.33 bits per heavy atom. The zero-order valence-corrected chi connectivity index (χ0v) is 11.0. The lowest BCUT2D eigenvalue weighted by atomic mass is 9.93. The highest BCUT2D eigenvalue weighted by atomic mass is 79.9. The minimum absolute atomic E-state index is 0.217. The van der Waals surface area contributed by atoms with Gasteiger partial charge in [-0.3, -0.25) is 0 Å². The minimum Gasteiger partial charge on any atom is -0.387 e.